The van der Waals surface area contributed by atoms with Gasteiger partial charge in [-0.15, -0.1) is 12.4 Å². The van der Waals surface area contributed by atoms with Crippen molar-refractivity contribution in [3.63, 3.8) is 0 Å². The van der Waals surface area contributed by atoms with Crippen LogP contribution in [0, 0.1) is 0 Å². The Morgan fingerprint density at radius 3 is 2.69 bits per heavy atom. The molecule has 0 saturated heterocycles. The lowest BCUT2D eigenvalue weighted by Gasteiger charge is -2.29. The maximum Gasteiger partial charge on any atom is 0.318 e. The molecule has 1 aliphatic carbocycles. The summed E-state index contributed by atoms with van der Waals surface area (Å²) in [5.41, 5.74) is 11.4. The van der Waals surface area contributed by atoms with Crippen LogP contribution in [0.2, 0.25) is 0 Å². The van der Waals surface area contributed by atoms with E-state index in [-0.39, 0.29) is 36.9 Å². The van der Waals surface area contributed by atoms with Crippen LogP contribution in [-0.4, -0.2) is 29.9 Å². The standard InChI is InChI=1S/C22H26N4O2.ClH/c23-18-8-9-19-16(12-18)6-3-7-20(19)25-21(27)13-24-22(28)26-11-10-15-4-1-2-5-17(15)14-26;/h1-2,4-5,8-9,12,20H,3,6-7,10-11,13-14,23H2,(H,24,28)(H,25,27);1H. The largest absolute Gasteiger partial charge is 0.399 e. The molecule has 2 aliphatic rings. The number of urea groups is 1. The zero-order valence-corrected chi connectivity index (χ0v) is 17.1. The highest BCUT2D eigenvalue weighted by molar-refractivity contribution is 5.85. The van der Waals surface area contributed by atoms with Crippen molar-refractivity contribution in [3.8, 4) is 0 Å². The lowest BCUT2D eigenvalue weighted by molar-refractivity contribution is -0.121. The number of carbonyl (C=O) groups excluding carboxylic acids is 2. The van der Waals surface area contributed by atoms with E-state index in [1.54, 1.807) is 4.90 Å². The molecular formula is C22H27ClN4O2. The first-order valence-electron chi connectivity index (χ1n) is 9.87. The summed E-state index contributed by atoms with van der Waals surface area (Å²) in [5.74, 6) is -0.166. The minimum absolute atomic E-state index is 0. The molecule has 0 saturated carbocycles. The summed E-state index contributed by atoms with van der Waals surface area (Å²) in [6, 6.07) is 13.8. The van der Waals surface area contributed by atoms with Gasteiger partial charge in [-0.1, -0.05) is 30.3 Å². The van der Waals surface area contributed by atoms with Crippen LogP contribution in [0.4, 0.5) is 10.5 Å². The van der Waals surface area contributed by atoms with Gasteiger partial charge < -0.3 is 21.3 Å². The molecule has 1 atom stereocenters. The highest BCUT2D eigenvalue weighted by Crippen LogP contribution is 2.30. The molecule has 0 aromatic heterocycles. The zero-order valence-electron chi connectivity index (χ0n) is 16.3. The highest BCUT2D eigenvalue weighted by atomic mass is 35.5. The first kappa shape index (κ1) is 21.0. The van der Waals surface area contributed by atoms with E-state index in [0.717, 1.165) is 36.9 Å². The zero-order chi connectivity index (χ0) is 19.5. The number of aryl methyl sites for hydroxylation is 1. The summed E-state index contributed by atoms with van der Waals surface area (Å²) >= 11 is 0. The van der Waals surface area contributed by atoms with E-state index in [4.69, 9.17) is 5.73 Å². The van der Waals surface area contributed by atoms with E-state index < -0.39 is 0 Å². The van der Waals surface area contributed by atoms with Gasteiger partial charge in [-0.3, -0.25) is 4.79 Å². The molecule has 1 aliphatic heterocycles. The van der Waals surface area contributed by atoms with Crippen molar-refractivity contribution in [1.29, 1.82) is 0 Å². The molecule has 154 valence electrons. The third-order valence-corrected chi connectivity index (χ3v) is 5.63. The van der Waals surface area contributed by atoms with E-state index >= 15 is 0 Å². The van der Waals surface area contributed by atoms with Gasteiger partial charge in [0.25, 0.3) is 0 Å². The second kappa shape index (κ2) is 9.18. The maximum atomic E-state index is 12.5. The number of nitrogens with one attached hydrogen (secondary N) is 2. The first-order chi connectivity index (χ1) is 13.6. The topological polar surface area (TPSA) is 87.5 Å². The van der Waals surface area contributed by atoms with Crippen molar-refractivity contribution in [2.45, 2.75) is 38.3 Å². The number of amides is 3. The second-order valence-corrected chi connectivity index (χ2v) is 7.57. The summed E-state index contributed by atoms with van der Waals surface area (Å²) < 4.78 is 0. The molecule has 2 aromatic carbocycles. The third-order valence-electron chi connectivity index (χ3n) is 5.63. The lowest BCUT2D eigenvalue weighted by Crippen LogP contribution is -2.46. The van der Waals surface area contributed by atoms with Crippen LogP contribution in [0.3, 0.4) is 0 Å². The molecule has 0 radical (unpaired) electrons. The van der Waals surface area contributed by atoms with Gasteiger partial charge in [0, 0.05) is 18.8 Å². The monoisotopic (exact) mass is 414 g/mol. The SMILES string of the molecule is Cl.Nc1ccc2c(c1)CCCC2NC(=O)CNC(=O)N1CCc2ccccc2C1. The number of carbonyl (C=O) groups is 2. The Bertz CT molecular complexity index is 902. The number of hydrogen-bond donors (Lipinski definition) is 3. The second-order valence-electron chi connectivity index (χ2n) is 7.57. The van der Waals surface area contributed by atoms with Crippen LogP contribution in [-0.2, 0) is 24.2 Å². The number of nitrogen functional groups attached to an aromatic ring is 1. The van der Waals surface area contributed by atoms with Crippen LogP contribution in [0.1, 0.15) is 41.1 Å². The Kier molecular flexibility index (Phi) is 6.64. The van der Waals surface area contributed by atoms with Gasteiger partial charge in [-0.05, 0) is 60.1 Å². The highest BCUT2D eigenvalue weighted by Gasteiger charge is 2.23. The number of hydrogen-bond acceptors (Lipinski definition) is 3. The molecule has 1 unspecified atom stereocenters. The molecule has 4 N–H and O–H groups in total. The number of nitrogens with zero attached hydrogens (tertiary/aromatic N) is 1. The summed E-state index contributed by atoms with van der Waals surface area (Å²) in [6.45, 7) is 1.24. The Hall–Kier alpha value is -2.73. The van der Waals surface area contributed by atoms with Crippen LogP contribution in [0.5, 0.6) is 0 Å². The van der Waals surface area contributed by atoms with Gasteiger partial charge in [-0.25, -0.2) is 4.79 Å². The van der Waals surface area contributed by atoms with E-state index in [9.17, 15) is 9.59 Å². The lowest BCUT2D eigenvalue weighted by atomic mass is 9.87. The van der Waals surface area contributed by atoms with Crippen molar-refractivity contribution >= 4 is 30.0 Å². The van der Waals surface area contributed by atoms with Crippen molar-refractivity contribution in [3.05, 3.63) is 64.7 Å². The quantitative estimate of drug-likeness (QED) is 0.675. The van der Waals surface area contributed by atoms with E-state index in [0.29, 0.717) is 13.1 Å². The fraction of sp³-hybridized carbons (Fsp3) is 0.364. The van der Waals surface area contributed by atoms with Crippen LogP contribution < -0.4 is 16.4 Å². The fourth-order valence-corrected chi connectivity index (χ4v) is 4.17. The molecule has 0 spiro atoms. The van der Waals surface area contributed by atoms with E-state index in [1.165, 1.54) is 16.7 Å². The van der Waals surface area contributed by atoms with Crippen molar-refractivity contribution < 1.29 is 9.59 Å². The molecule has 0 bridgehead atoms. The van der Waals surface area contributed by atoms with E-state index in [2.05, 4.69) is 22.8 Å². The Morgan fingerprint density at radius 1 is 1.07 bits per heavy atom. The van der Waals surface area contributed by atoms with Gasteiger partial charge in [0.2, 0.25) is 5.91 Å². The summed E-state index contributed by atoms with van der Waals surface area (Å²) in [6.07, 6.45) is 3.75. The Balaban J connectivity index is 0.00000240. The molecule has 6 nitrogen and oxygen atoms in total. The predicted molar refractivity (Wildman–Crippen MR) is 116 cm³/mol. The van der Waals surface area contributed by atoms with Gasteiger partial charge in [0.05, 0.1) is 12.6 Å². The van der Waals surface area contributed by atoms with Crippen molar-refractivity contribution in [2.75, 3.05) is 18.8 Å². The summed E-state index contributed by atoms with van der Waals surface area (Å²) in [4.78, 5) is 26.6. The minimum atomic E-state index is -0.193. The fourth-order valence-electron chi connectivity index (χ4n) is 4.17. The summed E-state index contributed by atoms with van der Waals surface area (Å²) in [5, 5.41) is 5.82. The van der Waals surface area contributed by atoms with Gasteiger partial charge in [0.1, 0.15) is 0 Å². The average Bonchev–Trinajstić information content (AvgIpc) is 2.71. The van der Waals surface area contributed by atoms with Crippen molar-refractivity contribution in [2.24, 2.45) is 0 Å². The molecular weight excluding hydrogens is 388 g/mol. The smallest absolute Gasteiger partial charge is 0.318 e. The Labute approximate surface area is 177 Å². The maximum absolute atomic E-state index is 12.5. The van der Waals surface area contributed by atoms with Gasteiger partial charge >= 0.3 is 6.03 Å². The number of rotatable bonds is 3. The number of anilines is 1. The average molecular weight is 415 g/mol. The molecule has 0 fully saturated rings. The minimum Gasteiger partial charge on any atom is -0.399 e. The third kappa shape index (κ3) is 4.82. The normalized spacial score (nSPS) is 17.4. The van der Waals surface area contributed by atoms with Crippen molar-refractivity contribution in [1.82, 2.24) is 15.5 Å². The number of fused-ring (bicyclic) bond motifs is 2. The molecule has 4 rings (SSSR count). The molecule has 1 heterocycles. The first-order valence-corrected chi connectivity index (χ1v) is 9.87. The number of nitrogens with two attached hydrogens (primary N) is 1. The van der Waals surface area contributed by atoms with Crippen LogP contribution in [0.15, 0.2) is 42.5 Å². The number of halogens is 1. The van der Waals surface area contributed by atoms with Crippen LogP contribution in [0.25, 0.3) is 0 Å². The predicted octanol–water partition coefficient (Wildman–Crippen LogP) is 2.95. The summed E-state index contributed by atoms with van der Waals surface area (Å²) in [7, 11) is 0. The molecule has 2 aromatic rings. The van der Waals surface area contributed by atoms with E-state index in [1.807, 2.05) is 30.3 Å². The number of benzene rings is 2. The molecule has 7 heteroatoms. The van der Waals surface area contributed by atoms with Gasteiger partial charge in [-0.2, -0.15) is 0 Å². The van der Waals surface area contributed by atoms with Crippen LogP contribution >= 0.6 is 12.4 Å². The Morgan fingerprint density at radius 2 is 1.86 bits per heavy atom. The van der Waals surface area contributed by atoms with Gasteiger partial charge in [0.15, 0.2) is 0 Å². The molecule has 3 amide bonds. The molecule has 29 heavy (non-hydrogen) atoms.